The summed E-state index contributed by atoms with van der Waals surface area (Å²) in [5, 5.41) is 2.18. The molecule has 230 valence electrons. The van der Waals surface area contributed by atoms with Gasteiger partial charge in [-0.1, -0.05) is 154 Å². The molecule has 0 atom stereocenters. The van der Waals surface area contributed by atoms with E-state index in [2.05, 4.69) is 166 Å². The van der Waals surface area contributed by atoms with Gasteiger partial charge in [0.1, 0.15) is 0 Å². The highest BCUT2D eigenvalue weighted by Crippen LogP contribution is 2.37. The van der Waals surface area contributed by atoms with Crippen molar-refractivity contribution in [2.75, 3.05) is 0 Å². The SMILES string of the molecule is CC(C)(C)c1cc(-c2ccc(-c3cc(-c4ccccc4)cc(-c4ccccc4)n3)cc2)c2ccc3ccc(-c4ccccc4)nc3c2n1. The Morgan fingerprint density at radius 1 is 0.375 bits per heavy atom. The van der Waals surface area contributed by atoms with E-state index in [1.807, 2.05) is 12.1 Å². The average Bonchev–Trinajstić information content (AvgIpc) is 3.14. The number of rotatable bonds is 5. The van der Waals surface area contributed by atoms with Crippen LogP contribution >= 0.6 is 0 Å². The molecule has 0 amide bonds. The Bertz CT molecular complexity index is 2330. The topological polar surface area (TPSA) is 38.7 Å². The minimum atomic E-state index is -0.141. The Balaban J connectivity index is 1.27. The molecule has 0 unspecified atom stereocenters. The summed E-state index contributed by atoms with van der Waals surface area (Å²) in [6, 6.07) is 55.3. The maximum Gasteiger partial charge on any atom is 0.0974 e. The largest absolute Gasteiger partial charge is 0.250 e. The average molecular weight is 618 g/mol. The molecule has 8 rings (SSSR count). The maximum absolute atomic E-state index is 5.27. The van der Waals surface area contributed by atoms with Crippen molar-refractivity contribution in [3.8, 4) is 56.0 Å². The second kappa shape index (κ2) is 12.0. The van der Waals surface area contributed by atoms with E-state index in [4.69, 9.17) is 15.0 Å². The first-order chi connectivity index (χ1) is 23.4. The lowest BCUT2D eigenvalue weighted by Gasteiger charge is -2.21. The highest BCUT2D eigenvalue weighted by molar-refractivity contribution is 6.09. The Morgan fingerprint density at radius 2 is 0.896 bits per heavy atom. The fraction of sp³-hybridized carbons (Fsp3) is 0.0889. The minimum absolute atomic E-state index is 0.141. The summed E-state index contributed by atoms with van der Waals surface area (Å²) in [5.74, 6) is 0. The standard InChI is InChI=1S/C45H35N3/c1-45(2,3)42-29-38(37-25-23-35-24-26-39(32-15-9-5-10-16-32)47-43(35)44(37)48-42)31-19-21-34(22-20-31)41-28-36(30-13-7-4-8-14-30)27-40(46-41)33-17-11-6-12-18-33/h4-29H,1-3H3. The van der Waals surface area contributed by atoms with E-state index in [0.717, 1.165) is 78.0 Å². The van der Waals surface area contributed by atoms with Crippen molar-refractivity contribution in [2.45, 2.75) is 26.2 Å². The Hall–Kier alpha value is -5.93. The Labute approximate surface area is 281 Å². The zero-order valence-electron chi connectivity index (χ0n) is 27.4. The molecule has 0 N–H and O–H groups in total. The molecular weight excluding hydrogens is 583 g/mol. The summed E-state index contributed by atoms with van der Waals surface area (Å²) >= 11 is 0. The lowest BCUT2D eigenvalue weighted by Crippen LogP contribution is -2.14. The summed E-state index contributed by atoms with van der Waals surface area (Å²) < 4.78 is 0. The first-order valence-corrected chi connectivity index (χ1v) is 16.4. The predicted molar refractivity (Wildman–Crippen MR) is 201 cm³/mol. The number of pyridine rings is 3. The number of nitrogens with zero attached hydrogens (tertiary/aromatic N) is 3. The number of fused-ring (bicyclic) bond motifs is 3. The molecule has 0 aliphatic heterocycles. The predicted octanol–water partition coefficient (Wildman–Crippen LogP) is 11.8. The normalized spacial score (nSPS) is 11.6. The van der Waals surface area contributed by atoms with Gasteiger partial charge in [0.15, 0.2) is 0 Å². The van der Waals surface area contributed by atoms with Crippen molar-refractivity contribution in [1.82, 2.24) is 15.0 Å². The van der Waals surface area contributed by atoms with E-state index < -0.39 is 0 Å². The second-order valence-corrected chi connectivity index (χ2v) is 13.3. The van der Waals surface area contributed by atoms with Gasteiger partial charge in [0.2, 0.25) is 0 Å². The lowest BCUT2D eigenvalue weighted by atomic mass is 9.88. The van der Waals surface area contributed by atoms with Gasteiger partial charge in [-0.15, -0.1) is 0 Å². The summed E-state index contributed by atoms with van der Waals surface area (Å²) in [7, 11) is 0. The van der Waals surface area contributed by atoms with Gasteiger partial charge >= 0.3 is 0 Å². The molecule has 3 nitrogen and oxygen atoms in total. The molecule has 5 aromatic carbocycles. The molecule has 0 bridgehead atoms. The van der Waals surface area contributed by atoms with Crippen molar-refractivity contribution in [3.05, 3.63) is 163 Å². The lowest BCUT2D eigenvalue weighted by molar-refractivity contribution is 0.572. The van der Waals surface area contributed by atoms with Gasteiger partial charge in [-0.3, -0.25) is 0 Å². The maximum atomic E-state index is 5.27. The third-order valence-electron chi connectivity index (χ3n) is 8.97. The Morgan fingerprint density at radius 3 is 1.50 bits per heavy atom. The molecule has 48 heavy (non-hydrogen) atoms. The minimum Gasteiger partial charge on any atom is -0.250 e. The van der Waals surface area contributed by atoms with Crippen molar-refractivity contribution < 1.29 is 0 Å². The van der Waals surface area contributed by atoms with E-state index >= 15 is 0 Å². The van der Waals surface area contributed by atoms with Gasteiger partial charge in [0, 0.05) is 38.6 Å². The number of hydrogen-bond donors (Lipinski definition) is 0. The van der Waals surface area contributed by atoms with Gasteiger partial charge in [0.05, 0.1) is 28.1 Å². The van der Waals surface area contributed by atoms with Crippen LogP contribution in [0.15, 0.2) is 158 Å². The van der Waals surface area contributed by atoms with E-state index in [-0.39, 0.29) is 5.41 Å². The smallest absolute Gasteiger partial charge is 0.0974 e. The second-order valence-electron chi connectivity index (χ2n) is 13.3. The van der Waals surface area contributed by atoms with Crippen molar-refractivity contribution >= 4 is 21.8 Å². The van der Waals surface area contributed by atoms with Crippen LogP contribution in [0.4, 0.5) is 0 Å². The van der Waals surface area contributed by atoms with Crippen molar-refractivity contribution in [1.29, 1.82) is 0 Å². The van der Waals surface area contributed by atoms with Crippen LogP contribution in [0.25, 0.3) is 77.8 Å². The molecule has 0 spiro atoms. The molecule has 0 saturated carbocycles. The summed E-state index contributed by atoms with van der Waals surface area (Å²) in [6.07, 6.45) is 0. The van der Waals surface area contributed by atoms with E-state index in [9.17, 15) is 0 Å². The molecule has 0 radical (unpaired) electrons. The third kappa shape index (κ3) is 5.65. The molecule has 3 aromatic heterocycles. The van der Waals surface area contributed by atoms with Gasteiger partial charge in [-0.2, -0.15) is 0 Å². The Kier molecular flexibility index (Phi) is 7.38. The zero-order valence-corrected chi connectivity index (χ0v) is 27.4. The molecule has 3 heterocycles. The highest BCUT2D eigenvalue weighted by Gasteiger charge is 2.20. The quantitative estimate of drug-likeness (QED) is 0.180. The molecule has 0 aliphatic rings. The van der Waals surface area contributed by atoms with Gasteiger partial charge in [-0.05, 0) is 46.5 Å². The number of hydrogen-bond acceptors (Lipinski definition) is 3. The molecule has 8 aromatic rings. The van der Waals surface area contributed by atoms with Crippen LogP contribution in [0.3, 0.4) is 0 Å². The number of aromatic nitrogens is 3. The molecule has 0 fully saturated rings. The van der Waals surface area contributed by atoms with E-state index in [0.29, 0.717) is 0 Å². The summed E-state index contributed by atoms with van der Waals surface area (Å²) in [6.45, 7) is 6.66. The van der Waals surface area contributed by atoms with Crippen LogP contribution in [-0.4, -0.2) is 15.0 Å². The van der Waals surface area contributed by atoms with Gasteiger partial charge < -0.3 is 0 Å². The fourth-order valence-electron chi connectivity index (χ4n) is 6.32. The van der Waals surface area contributed by atoms with Crippen LogP contribution in [0.1, 0.15) is 26.5 Å². The highest BCUT2D eigenvalue weighted by atomic mass is 14.8. The summed E-state index contributed by atoms with van der Waals surface area (Å²) in [5.41, 5.74) is 13.5. The monoisotopic (exact) mass is 617 g/mol. The zero-order chi connectivity index (χ0) is 32.7. The van der Waals surface area contributed by atoms with E-state index in [1.165, 1.54) is 5.56 Å². The van der Waals surface area contributed by atoms with Crippen LogP contribution in [0, 0.1) is 0 Å². The van der Waals surface area contributed by atoms with Gasteiger partial charge in [0.25, 0.3) is 0 Å². The third-order valence-corrected chi connectivity index (χ3v) is 8.97. The molecule has 3 heteroatoms. The first kappa shape index (κ1) is 29.5. The molecule has 0 saturated heterocycles. The fourth-order valence-corrected chi connectivity index (χ4v) is 6.32. The van der Waals surface area contributed by atoms with Crippen molar-refractivity contribution in [2.24, 2.45) is 0 Å². The first-order valence-electron chi connectivity index (χ1n) is 16.4. The van der Waals surface area contributed by atoms with E-state index in [1.54, 1.807) is 0 Å². The number of benzene rings is 5. The van der Waals surface area contributed by atoms with Crippen LogP contribution in [0.5, 0.6) is 0 Å². The molecular formula is C45H35N3. The van der Waals surface area contributed by atoms with Crippen molar-refractivity contribution in [3.63, 3.8) is 0 Å². The van der Waals surface area contributed by atoms with Crippen LogP contribution < -0.4 is 0 Å². The summed E-state index contributed by atoms with van der Waals surface area (Å²) in [4.78, 5) is 15.6. The van der Waals surface area contributed by atoms with Crippen LogP contribution in [0.2, 0.25) is 0 Å². The van der Waals surface area contributed by atoms with Crippen LogP contribution in [-0.2, 0) is 5.41 Å². The molecule has 0 aliphatic carbocycles. The van der Waals surface area contributed by atoms with Gasteiger partial charge in [-0.25, -0.2) is 15.0 Å².